The molecule has 2 aromatic heterocycles. The van der Waals surface area contributed by atoms with Gasteiger partial charge in [-0.2, -0.15) is 5.10 Å². The lowest BCUT2D eigenvalue weighted by Gasteiger charge is -2.36. The second-order valence-corrected chi connectivity index (χ2v) is 5.86. The lowest BCUT2D eigenvalue weighted by atomic mass is 10.0. The van der Waals surface area contributed by atoms with Crippen molar-refractivity contribution >= 4 is 11.7 Å². The van der Waals surface area contributed by atoms with E-state index < -0.39 is 5.69 Å². The van der Waals surface area contributed by atoms with Gasteiger partial charge in [-0.1, -0.05) is 0 Å². The monoisotopic (exact) mass is 332 g/mol. The maximum absolute atomic E-state index is 12.1. The number of aromatic nitrogens is 4. The molecule has 0 radical (unpaired) electrons. The largest absolute Gasteiger partial charge is 0.350 e. The minimum Gasteiger partial charge on any atom is -0.350 e. The number of imidazole rings is 1. The third kappa shape index (κ3) is 3.39. The van der Waals surface area contributed by atoms with Gasteiger partial charge < -0.3 is 20.2 Å². The van der Waals surface area contributed by atoms with Crippen molar-refractivity contribution in [3.63, 3.8) is 0 Å². The molecule has 0 aromatic carbocycles. The molecular weight excluding hydrogens is 312 g/mol. The molecule has 3 rings (SSSR count). The summed E-state index contributed by atoms with van der Waals surface area (Å²) in [4.78, 5) is 41.6. The molecule has 1 unspecified atom stereocenters. The highest BCUT2D eigenvalue weighted by molar-refractivity contribution is 5.91. The number of nitrogens with zero attached hydrogens (tertiary/aromatic N) is 3. The minimum atomic E-state index is -0.408. The molecule has 1 aliphatic rings. The van der Waals surface area contributed by atoms with Crippen LogP contribution in [0.1, 0.15) is 29.8 Å². The van der Waals surface area contributed by atoms with E-state index in [4.69, 9.17) is 0 Å². The van der Waals surface area contributed by atoms with Crippen molar-refractivity contribution in [1.82, 2.24) is 25.1 Å². The average molecular weight is 332 g/mol. The Hall–Kier alpha value is -2.84. The first-order valence-corrected chi connectivity index (χ1v) is 7.91. The zero-order valence-electron chi connectivity index (χ0n) is 13.4. The number of nitrogens with one attached hydrogen (secondary N) is 3. The number of amides is 1. The topological polar surface area (TPSA) is 116 Å². The van der Waals surface area contributed by atoms with Crippen molar-refractivity contribution < 1.29 is 4.79 Å². The minimum absolute atomic E-state index is 0.0957. The van der Waals surface area contributed by atoms with E-state index in [1.54, 1.807) is 13.1 Å². The molecule has 0 aliphatic carbocycles. The van der Waals surface area contributed by atoms with Gasteiger partial charge >= 0.3 is 5.69 Å². The molecule has 1 amide bonds. The number of carbonyl (C=O) groups excluding carboxylic acids is 1. The Morgan fingerprint density at radius 1 is 1.38 bits per heavy atom. The molecule has 0 saturated carbocycles. The highest BCUT2D eigenvalue weighted by atomic mass is 16.2. The molecule has 3 N–H and O–H groups in total. The van der Waals surface area contributed by atoms with Gasteiger partial charge in [0.25, 0.3) is 11.5 Å². The second-order valence-electron chi connectivity index (χ2n) is 5.86. The van der Waals surface area contributed by atoms with Gasteiger partial charge in [-0.3, -0.25) is 9.59 Å². The van der Waals surface area contributed by atoms with Crippen molar-refractivity contribution in [3.05, 3.63) is 44.9 Å². The van der Waals surface area contributed by atoms with Crippen LogP contribution in [-0.2, 0) is 7.05 Å². The summed E-state index contributed by atoms with van der Waals surface area (Å²) in [5.41, 5.74) is -0.353. The Kier molecular flexibility index (Phi) is 4.50. The molecule has 1 saturated heterocycles. The van der Waals surface area contributed by atoms with Gasteiger partial charge in [0.1, 0.15) is 11.5 Å². The van der Waals surface area contributed by atoms with Gasteiger partial charge in [0.05, 0.1) is 0 Å². The molecule has 1 atom stereocenters. The van der Waals surface area contributed by atoms with Crippen LogP contribution in [0.3, 0.4) is 0 Å². The van der Waals surface area contributed by atoms with Crippen molar-refractivity contribution in [2.45, 2.75) is 25.3 Å². The van der Waals surface area contributed by atoms with Crippen LogP contribution < -0.4 is 21.5 Å². The molecule has 128 valence electrons. The normalized spacial score (nSPS) is 17.7. The lowest BCUT2D eigenvalue weighted by molar-refractivity contribution is 0.0945. The maximum atomic E-state index is 12.1. The van der Waals surface area contributed by atoms with Crippen LogP contribution in [0.25, 0.3) is 0 Å². The van der Waals surface area contributed by atoms with Crippen LogP contribution in [0.15, 0.2) is 27.9 Å². The van der Waals surface area contributed by atoms with Crippen molar-refractivity contribution in [2.24, 2.45) is 7.05 Å². The number of carbonyl (C=O) groups is 1. The molecule has 9 nitrogen and oxygen atoms in total. The summed E-state index contributed by atoms with van der Waals surface area (Å²) in [7, 11) is 1.62. The Labute approximate surface area is 137 Å². The highest BCUT2D eigenvalue weighted by Gasteiger charge is 2.24. The second kappa shape index (κ2) is 6.73. The summed E-state index contributed by atoms with van der Waals surface area (Å²) in [6, 6.07) is 3.31. The molecule has 9 heteroatoms. The number of hydrogen-bond donors (Lipinski definition) is 3. The van der Waals surface area contributed by atoms with E-state index in [0.717, 1.165) is 31.6 Å². The summed E-state index contributed by atoms with van der Waals surface area (Å²) in [6.07, 6.45) is 4.39. The summed E-state index contributed by atoms with van der Waals surface area (Å²) >= 11 is 0. The van der Waals surface area contributed by atoms with Gasteiger partial charge in [-0.15, -0.1) is 0 Å². The molecule has 0 spiro atoms. The van der Waals surface area contributed by atoms with Crippen LogP contribution in [0.2, 0.25) is 0 Å². The standard InChI is InChI=1S/C15H20N6O3/c1-20-13(22)6-5-12(19-20)21-7-3-2-4-10(21)8-16-14(23)11-9-17-15(24)18-11/h5-6,9-10H,2-4,7-8H2,1H3,(H,16,23)(H2,17,18,24). The van der Waals surface area contributed by atoms with E-state index in [1.807, 2.05) is 0 Å². The summed E-state index contributed by atoms with van der Waals surface area (Å²) in [6.45, 7) is 1.27. The maximum Gasteiger partial charge on any atom is 0.323 e. The number of H-pyrrole nitrogens is 2. The SMILES string of the molecule is Cn1nc(N2CCCCC2CNC(=O)c2c[nH]c(=O)[nH]2)ccc1=O. The lowest BCUT2D eigenvalue weighted by Crippen LogP contribution is -2.47. The van der Waals surface area contributed by atoms with E-state index in [-0.39, 0.29) is 23.2 Å². The number of aryl methyl sites for hydroxylation is 1. The smallest absolute Gasteiger partial charge is 0.323 e. The van der Waals surface area contributed by atoms with Gasteiger partial charge in [-0.25, -0.2) is 9.48 Å². The highest BCUT2D eigenvalue weighted by Crippen LogP contribution is 2.21. The van der Waals surface area contributed by atoms with Crippen LogP contribution in [0.5, 0.6) is 0 Å². The van der Waals surface area contributed by atoms with E-state index in [1.165, 1.54) is 16.9 Å². The number of rotatable bonds is 4. The number of hydrogen-bond acceptors (Lipinski definition) is 5. The molecule has 0 bridgehead atoms. The van der Waals surface area contributed by atoms with Crippen LogP contribution >= 0.6 is 0 Å². The fourth-order valence-electron chi connectivity index (χ4n) is 2.92. The van der Waals surface area contributed by atoms with Crippen LogP contribution in [0.4, 0.5) is 5.82 Å². The quantitative estimate of drug-likeness (QED) is 0.703. The fraction of sp³-hybridized carbons (Fsp3) is 0.467. The molecule has 1 fully saturated rings. The third-order valence-electron chi connectivity index (χ3n) is 4.21. The van der Waals surface area contributed by atoms with Crippen molar-refractivity contribution in [1.29, 1.82) is 0 Å². The van der Waals surface area contributed by atoms with E-state index in [9.17, 15) is 14.4 Å². The Bertz CT molecular complexity index is 836. The molecular formula is C15H20N6O3. The van der Waals surface area contributed by atoms with E-state index in [2.05, 4.69) is 25.3 Å². The van der Waals surface area contributed by atoms with Gasteiger partial charge in [0, 0.05) is 38.4 Å². The predicted molar refractivity (Wildman–Crippen MR) is 88.2 cm³/mol. The van der Waals surface area contributed by atoms with Gasteiger partial charge in [0.15, 0.2) is 0 Å². The van der Waals surface area contributed by atoms with Crippen LogP contribution in [-0.4, -0.2) is 44.8 Å². The van der Waals surface area contributed by atoms with Crippen LogP contribution in [0, 0.1) is 0 Å². The third-order valence-corrected chi connectivity index (χ3v) is 4.21. The van der Waals surface area contributed by atoms with E-state index >= 15 is 0 Å². The molecule has 1 aliphatic heterocycles. The van der Waals surface area contributed by atoms with Crippen molar-refractivity contribution in [2.75, 3.05) is 18.0 Å². The first-order chi connectivity index (χ1) is 11.5. The fourth-order valence-corrected chi connectivity index (χ4v) is 2.92. The molecule has 3 heterocycles. The number of anilines is 1. The Morgan fingerprint density at radius 2 is 2.21 bits per heavy atom. The zero-order valence-corrected chi connectivity index (χ0v) is 13.4. The molecule has 2 aromatic rings. The van der Waals surface area contributed by atoms with Crippen molar-refractivity contribution in [3.8, 4) is 0 Å². The first-order valence-electron chi connectivity index (χ1n) is 7.91. The zero-order chi connectivity index (χ0) is 17.1. The number of piperidine rings is 1. The predicted octanol–water partition coefficient (Wildman–Crippen LogP) is -0.414. The number of aromatic amines is 2. The first kappa shape index (κ1) is 16.0. The van der Waals surface area contributed by atoms with E-state index in [0.29, 0.717) is 6.54 Å². The van der Waals surface area contributed by atoms with Gasteiger partial charge in [0.2, 0.25) is 0 Å². The Balaban J connectivity index is 1.70. The van der Waals surface area contributed by atoms with Gasteiger partial charge in [-0.05, 0) is 25.3 Å². The summed E-state index contributed by atoms with van der Waals surface area (Å²) in [5.74, 6) is 0.401. The molecule has 24 heavy (non-hydrogen) atoms. The Morgan fingerprint density at radius 3 is 2.92 bits per heavy atom. The summed E-state index contributed by atoms with van der Waals surface area (Å²) < 4.78 is 1.31. The summed E-state index contributed by atoms with van der Waals surface area (Å²) in [5, 5.41) is 7.14. The average Bonchev–Trinajstić information content (AvgIpc) is 3.02.